The summed E-state index contributed by atoms with van der Waals surface area (Å²) in [5, 5.41) is 2.89. The Hall–Kier alpha value is -2.44. The van der Waals surface area contributed by atoms with Crippen molar-refractivity contribution in [2.75, 3.05) is 25.0 Å². The molecular weight excluding hydrogens is 405 g/mol. The first kappa shape index (κ1) is 23.8. The number of nitrogens with two attached hydrogens (primary N) is 1. The molecule has 1 unspecified atom stereocenters. The lowest BCUT2D eigenvalue weighted by Gasteiger charge is -2.30. The van der Waals surface area contributed by atoms with Gasteiger partial charge in [0.2, 0.25) is 5.91 Å². The van der Waals surface area contributed by atoms with Crippen molar-refractivity contribution >= 4 is 29.9 Å². The van der Waals surface area contributed by atoms with E-state index in [-0.39, 0.29) is 36.6 Å². The minimum Gasteiger partial charge on any atom is -0.339 e. The van der Waals surface area contributed by atoms with E-state index in [1.165, 1.54) is 12.1 Å². The molecule has 162 valence electrons. The molecule has 0 spiro atoms. The molecule has 0 radical (unpaired) electrons. The number of carbonyl (C=O) groups excluding carboxylic acids is 2. The van der Waals surface area contributed by atoms with Gasteiger partial charge in [-0.05, 0) is 67.1 Å². The Morgan fingerprint density at radius 2 is 1.80 bits per heavy atom. The molecule has 1 atom stereocenters. The van der Waals surface area contributed by atoms with E-state index < -0.39 is 5.92 Å². The number of rotatable bonds is 5. The number of benzene rings is 2. The zero-order chi connectivity index (χ0) is 21.0. The predicted molar refractivity (Wildman–Crippen MR) is 120 cm³/mol. The summed E-state index contributed by atoms with van der Waals surface area (Å²) in [5.74, 6) is -0.499. The average Bonchev–Trinajstić information content (AvgIpc) is 2.71. The van der Waals surface area contributed by atoms with Gasteiger partial charge < -0.3 is 16.0 Å². The number of carbonyl (C=O) groups is 2. The van der Waals surface area contributed by atoms with Crippen molar-refractivity contribution in [3.63, 3.8) is 0 Å². The van der Waals surface area contributed by atoms with Crippen LogP contribution in [0.15, 0.2) is 42.5 Å². The summed E-state index contributed by atoms with van der Waals surface area (Å²) >= 11 is 0. The second-order valence-electron chi connectivity index (χ2n) is 7.83. The summed E-state index contributed by atoms with van der Waals surface area (Å²) in [7, 11) is 0. The third kappa shape index (κ3) is 5.58. The number of hydrogen-bond donors (Lipinski definition) is 2. The molecule has 30 heavy (non-hydrogen) atoms. The van der Waals surface area contributed by atoms with E-state index >= 15 is 0 Å². The van der Waals surface area contributed by atoms with Gasteiger partial charge in [-0.3, -0.25) is 9.59 Å². The molecule has 1 saturated heterocycles. The van der Waals surface area contributed by atoms with Crippen LogP contribution in [0.4, 0.5) is 10.1 Å². The highest BCUT2D eigenvalue weighted by Gasteiger charge is 2.23. The van der Waals surface area contributed by atoms with Gasteiger partial charge in [-0.1, -0.05) is 19.1 Å². The fourth-order valence-corrected chi connectivity index (χ4v) is 3.64. The van der Waals surface area contributed by atoms with Gasteiger partial charge in [0.15, 0.2) is 0 Å². The van der Waals surface area contributed by atoms with Crippen LogP contribution in [0, 0.1) is 18.7 Å². The number of nitrogens with one attached hydrogen (secondary N) is 1. The molecule has 0 aromatic heterocycles. The number of amides is 2. The minimum atomic E-state index is -0.577. The van der Waals surface area contributed by atoms with E-state index in [1.54, 1.807) is 24.3 Å². The summed E-state index contributed by atoms with van der Waals surface area (Å²) in [6.07, 6.45) is 2.06. The first-order valence-electron chi connectivity index (χ1n) is 10.1. The standard InChI is InChI=1S/C23H28FN3O2.ClH/c1-15-9-11-27(12-10-15)23(29)18-5-8-21(16(2)13-18)26-22(28)20(14-25)17-3-6-19(24)7-4-17;/h3-8,13,15,20H,9-12,14,25H2,1-2H3,(H,26,28);1H. The molecule has 0 aliphatic carbocycles. The van der Waals surface area contributed by atoms with Gasteiger partial charge in [0.1, 0.15) is 5.82 Å². The Morgan fingerprint density at radius 1 is 1.17 bits per heavy atom. The van der Waals surface area contributed by atoms with Crippen LogP contribution < -0.4 is 11.1 Å². The van der Waals surface area contributed by atoms with Crippen LogP contribution in [0.1, 0.15) is 47.2 Å². The maximum atomic E-state index is 13.1. The third-order valence-corrected chi connectivity index (χ3v) is 5.63. The summed E-state index contributed by atoms with van der Waals surface area (Å²) in [6.45, 7) is 5.76. The molecule has 7 heteroatoms. The first-order valence-corrected chi connectivity index (χ1v) is 10.1. The Morgan fingerprint density at radius 3 is 2.37 bits per heavy atom. The minimum absolute atomic E-state index is 0. The number of piperidine rings is 1. The predicted octanol–water partition coefficient (Wildman–Crippen LogP) is 4.11. The Kier molecular flexibility index (Phi) is 8.38. The lowest BCUT2D eigenvalue weighted by atomic mass is 9.97. The first-order chi connectivity index (χ1) is 13.9. The van der Waals surface area contributed by atoms with Crippen molar-refractivity contribution in [1.29, 1.82) is 0 Å². The van der Waals surface area contributed by atoms with Crippen LogP contribution >= 0.6 is 12.4 Å². The van der Waals surface area contributed by atoms with Crippen molar-refractivity contribution in [3.05, 3.63) is 65.0 Å². The number of hydrogen-bond acceptors (Lipinski definition) is 3. The lowest BCUT2D eigenvalue weighted by molar-refractivity contribution is -0.117. The maximum absolute atomic E-state index is 13.1. The van der Waals surface area contributed by atoms with Crippen molar-refractivity contribution in [3.8, 4) is 0 Å². The topological polar surface area (TPSA) is 75.4 Å². The van der Waals surface area contributed by atoms with Crippen LogP contribution in [0.2, 0.25) is 0 Å². The van der Waals surface area contributed by atoms with Gasteiger partial charge in [0, 0.05) is 30.9 Å². The average molecular weight is 434 g/mol. The smallest absolute Gasteiger partial charge is 0.253 e. The van der Waals surface area contributed by atoms with Gasteiger partial charge >= 0.3 is 0 Å². The molecule has 1 heterocycles. The number of aryl methyl sites for hydroxylation is 1. The molecule has 2 amide bonds. The summed E-state index contributed by atoms with van der Waals surface area (Å²) in [6, 6.07) is 11.1. The molecule has 2 aromatic carbocycles. The highest BCUT2D eigenvalue weighted by molar-refractivity contribution is 5.98. The van der Waals surface area contributed by atoms with E-state index in [0.717, 1.165) is 31.5 Å². The van der Waals surface area contributed by atoms with Crippen LogP contribution in [0.25, 0.3) is 0 Å². The van der Waals surface area contributed by atoms with E-state index in [2.05, 4.69) is 12.2 Å². The monoisotopic (exact) mass is 433 g/mol. The molecule has 0 saturated carbocycles. The number of anilines is 1. The number of likely N-dealkylation sites (tertiary alicyclic amines) is 1. The molecule has 3 N–H and O–H groups in total. The van der Waals surface area contributed by atoms with Gasteiger partial charge in [0.25, 0.3) is 5.91 Å². The highest BCUT2D eigenvalue weighted by atomic mass is 35.5. The molecule has 1 fully saturated rings. The SMILES string of the molecule is Cc1cc(C(=O)N2CCC(C)CC2)ccc1NC(=O)C(CN)c1ccc(F)cc1.Cl. The van der Waals surface area contributed by atoms with E-state index in [0.29, 0.717) is 22.7 Å². The molecule has 1 aliphatic rings. The van der Waals surface area contributed by atoms with Gasteiger partial charge in [-0.15, -0.1) is 12.4 Å². The largest absolute Gasteiger partial charge is 0.339 e. The van der Waals surface area contributed by atoms with Crippen LogP contribution in [0.5, 0.6) is 0 Å². The van der Waals surface area contributed by atoms with Crippen LogP contribution in [-0.4, -0.2) is 36.3 Å². The second-order valence-corrected chi connectivity index (χ2v) is 7.83. The van der Waals surface area contributed by atoms with Gasteiger partial charge in [-0.2, -0.15) is 0 Å². The van der Waals surface area contributed by atoms with Crippen molar-refractivity contribution in [2.45, 2.75) is 32.6 Å². The zero-order valence-electron chi connectivity index (χ0n) is 17.4. The van der Waals surface area contributed by atoms with E-state index in [9.17, 15) is 14.0 Å². The fraction of sp³-hybridized carbons (Fsp3) is 0.391. The van der Waals surface area contributed by atoms with Crippen molar-refractivity contribution in [1.82, 2.24) is 4.90 Å². The summed E-state index contributed by atoms with van der Waals surface area (Å²) in [4.78, 5) is 27.4. The van der Waals surface area contributed by atoms with Crippen molar-refractivity contribution < 1.29 is 14.0 Å². The Balaban J connectivity index is 0.00000320. The van der Waals surface area contributed by atoms with Crippen LogP contribution in [-0.2, 0) is 4.79 Å². The maximum Gasteiger partial charge on any atom is 0.253 e. The Labute approximate surface area is 183 Å². The molecule has 5 nitrogen and oxygen atoms in total. The zero-order valence-corrected chi connectivity index (χ0v) is 18.2. The van der Waals surface area contributed by atoms with Crippen molar-refractivity contribution in [2.24, 2.45) is 11.7 Å². The van der Waals surface area contributed by atoms with Crippen LogP contribution in [0.3, 0.4) is 0 Å². The fourth-order valence-electron chi connectivity index (χ4n) is 3.64. The van der Waals surface area contributed by atoms with E-state index in [1.807, 2.05) is 17.9 Å². The lowest BCUT2D eigenvalue weighted by Crippen LogP contribution is -2.37. The second kappa shape index (κ2) is 10.5. The number of nitrogens with zero attached hydrogens (tertiary/aromatic N) is 1. The molecule has 0 bridgehead atoms. The summed E-state index contributed by atoms with van der Waals surface area (Å²) in [5.41, 5.74) is 8.53. The van der Waals surface area contributed by atoms with Gasteiger partial charge in [0.05, 0.1) is 5.92 Å². The summed E-state index contributed by atoms with van der Waals surface area (Å²) < 4.78 is 13.1. The molecule has 3 rings (SSSR count). The number of halogens is 2. The van der Waals surface area contributed by atoms with E-state index in [4.69, 9.17) is 5.73 Å². The molecular formula is C23H29ClFN3O2. The quantitative estimate of drug-likeness (QED) is 0.745. The van der Waals surface area contributed by atoms with Gasteiger partial charge in [-0.25, -0.2) is 4.39 Å². The highest BCUT2D eigenvalue weighted by Crippen LogP contribution is 2.23. The molecule has 1 aliphatic heterocycles. The third-order valence-electron chi connectivity index (χ3n) is 5.63. The normalized spacial score (nSPS) is 15.3. The Bertz CT molecular complexity index is 881. The molecule has 2 aromatic rings.